The van der Waals surface area contributed by atoms with Crippen LogP contribution in [0.2, 0.25) is 0 Å². The molecular weight excluding hydrogens is 274 g/mol. The number of rotatable bonds is 3. The zero-order chi connectivity index (χ0) is 11.8. The highest BCUT2D eigenvalue weighted by atomic mass is 79.9. The van der Waals surface area contributed by atoms with Gasteiger partial charge in [0, 0.05) is 10.5 Å². The largest absolute Gasteiger partial charge is 0.324 e. The van der Waals surface area contributed by atoms with Crippen LogP contribution in [-0.4, -0.2) is 0 Å². The summed E-state index contributed by atoms with van der Waals surface area (Å²) >= 11 is 3.61. The number of hydrogen-bond acceptors (Lipinski definition) is 1. The molecule has 2 fully saturated rings. The third kappa shape index (κ3) is 2.30. The fourth-order valence-corrected chi connectivity index (χ4v) is 4.47. The van der Waals surface area contributed by atoms with Crippen molar-refractivity contribution < 1.29 is 0 Å². The lowest BCUT2D eigenvalue weighted by Gasteiger charge is -2.25. The molecule has 0 spiro atoms. The first kappa shape index (κ1) is 11.7. The Bertz CT molecular complexity index is 404. The minimum Gasteiger partial charge on any atom is -0.324 e. The monoisotopic (exact) mass is 293 g/mol. The van der Waals surface area contributed by atoms with E-state index >= 15 is 0 Å². The van der Waals surface area contributed by atoms with Crippen molar-refractivity contribution in [3.05, 3.63) is 34.3 Å². The Morgan fingerprint density at radius 1 is 1.24 bits per heavy atom. The van der Waals surface area contributed by atoms with Crippen molar-refractivity contribution in [2.45, 2.75) is 38.1 Å². The summed E-state index contributed by atoms with van der Waals surface area (Å²) in [6.45, 7) is 0. The van der Waals surface area contributed by atoms with Crippen molar-refractivity contribution in [1.82, 2.24) is 0 Å². The Morgan fingerprint density at radius 2 is 2.06 bits per heavy atom. The highest BCUT2D eigenvalue weighted by molar-refractivity contribution is 9.10. The van der Waals surface area contributed by atoms with Gasteiger partial charge in [-0.15, -0.1) is 0 Å². The van der Waals surface area contributed by atoms with Crippen LogP contribution in [-0.2, 0) is 0 Å². The number of halogens is 1. The fourth-order valence-electron chi connectivity index (χ4n) is 3.89. The van der Waals surface area contributed by atoms with Gasteiger partial charge in [-0.2, -0.15) is 0 Å². The maximum absolute atomic E-state index is 6.38. The molecule has 17 heavy (non-hydrogen) atoms. The summed E-state index contributed by atoms with van der Waals surface area (Å²) in [6, 6.07) is 8.59. The maximum Gasteiger partial charge on any atom is 0.0308 e. The lowest BCUT2D eigenvalue weighted by Crippen LogP contribution is -2.19. The zero-order valence-corrected chi connectivity index (χ0v) is 11.7. The predicted octanol–water partition coefficient (Wildman–Crippen LogP) is 4.28. The van der Waals surface area contributed by atoms with Crippen LogP contribution in [0.1, 0.15) is 43.7 Å². The smallest absolute Gasteiger partial charge is 0.0308 e. The second-order valence-electron chi connectivity index (χ2n) is 5.80. The highest BCUT2D eigenvalue weighted by Gasteiger charge is 2.39. The third-order valence-electron chi connectivity index (χ3n) is 4.75. The lowest BCUT2D eigenvalue weighted by molar-refractivity contribution is 0.296. The van der Waals surface area contributed by atoms with E-state index in [4.69, 9.17) is 5.73 Å². The highest BCUT2D eigenvalue weighted by Crippen LogP contribution is 2.50. The van der Waals surface area contributed by atoms with Gasteiger partial charge in [-0.3, -0.25) is 0 Å². The normalized spacial score (nSPS) is 32.9. The van der Waals surface area contributed by atoms with Gasteiger partial charge in [-0.25, -0.2) is 0 Å². The van der Waals surface area contributed by atoms with Gasteiger partial charge in [0.1, 0.15) is 0 Å². The number of fused-ring (bicyclic) bond motifs is 2. The summed E-state index contributed by atoms with van der Waals surface area (Å²) in [4.78, 5) is 0. The van der Waals surface area contributed by atoms with Gasteiger partial charge < -0.3 is 5.73 Å². The van der Waals surface area contributed by atoms with Crippen LogP contribution in [0.15, 0.2) is 28.7 Å². The van der Waals surface area contributed by atoms with Crippen molar-refractivity contribution in [2.24, 2.45) is 23.5 Å². The number of hydrogen-bond donors (Lipinski definition) is 1. The molecule has 0 saturated heterocycles. The van der Waals surface area contributed by atoms with Gasteiger partial charge in [-0.05, 0) is 55.1 Å². The summed E-state index contributed by atoms with van der Waals surface area (Å²) in [7, 11) is 0. The molecule has 2 aliphatic rings. The van der Waals surface area contributed by atoms with Gasteiger partial charge in [0.25, 0.3) is 0 Å². The molecule has 92 valence electrons. The van der Waals surface area contributed by atoms with Crippen LogP contribution in [0.3, 0.4) is 0 Å². The van der Waals surface area contributed by atoms with Crippen LogP contribution in [0.4, 0.5) is 0 Å². The molecule has 2 saturated carbocycles. The lowest BCUT2D eigenvalue weighted by atomic mass is 9.83. The van der Waals surface area contributed by atoms with E-state index in [1.54, 1.807) is 0 Å². The Morgan fingerprint density at radius 3 is 2.71 bits per heavy atom. The summed E-state index contributed by atoms with van der Waals surface area (Å²) in [5, 5.41) is 0. The van der Waals surface area contributed by atoms with Crippen LogP contribution in [0.25, 0.3) is 0 Å². The van der Waals surface area contributed by atoms with E-state index in [1.807, 2.05) is 0 Å². The third-order valence-corrected chi connectivity index (χ3v) is 5.47. The molecule has 2 aliphatic carbocycles. The van der Waals surface area contributed by atoms with E-state index in [0.717, 1.165) is 22.2 Å². The van der Waals surface area contributed by atoms with E-state index < -0.39 is 0 Å². The van der Waals surface area contributed by atoms with Crippen molar-refractivity contribution in [3.63, 3.8) is 0 Å². The molecule has 0 heterocycles. The Hall–Kier alpha value is -0.340. The Kier molecular flexibility index (Phi) is 3.27. The Balaban J connectivity index is 1.68. The first-order valence-corrected chi connectivity index (χ1v) is 7.53. The fraction of sp³-hybridized carbons (Fsp3) is 0.600. The topological polar surface area (TPSA) is 26.0 Å². The summed E-state index contributed by atoms with van der Waals surface area (Å²) in [5.41, 5.74) is 7.65. The predicted molar refractivity (Wildman–Crippen MR) is 74.6 cm³/mol. The molecule has 2 heteroatoms. The van der Waals surface area contributed by atoms with Crippen molar-refractivity contribution in [1.29, 1.82) is 0 Å². The van der Waals surface area contributed by atoms with Crippen molar-refractivity contribution in [2.75, 3.05) is 0 Å². The summed E-state index contributed by atoms with van der Waals surface area (Å²) in [5.74, 6) is 2.89. The molecular formula is C15H20BrN. The van der Waals surface area contributed by atoms with E-state index in [0.29, 0.717) is 0 Å². The number of nitrogens with two attached hydrogens (primary N) is 1. The zero-order valence-electron chi connectivity index (χ0n) is 10.1. The SMILES string of the molecule is NC(CC1CC2CCC1C2)c1ccccc1Br. The maximum atomic E-state index is 6.38. The van der Waals surface area contributed by atoms with E-state index in [2.05, 4.69) is 40.2 Å². The van der Waals surface area contributed by atoms with E-state index in [-0.39, 0.29) is 6.04 Å². The van der Waals surface area contributed by atoms with E-state index in [9.17, 15) is 0 Å². The first-order valence-electron chi connectivity index (χ1n) is 6.74. The van der Waals surface area contributed by atoms with Crippen molar-refractivity contribution >= 4 is 15.9 Å². The second kappa shape index (κ2) is 4.74. The van der Waals surface area contributed by atoms with E-state index in [1.165, 1.54) is 37.7 Å². The van der Waals surface area contributed by atoms with Crippen molar-refractivity contribution in [3.8, 4) is 0 Å². The minimum atomic E-state index is 0.204. The van der Waals surface area contributed by atoms with Gasteiger partial charge in [0.15, 0.2) is 0 Å². The summed E-state index contributed by atoms with van der Waals surface area (Å²) < 4.78 is 1.16. The van der Waals surface area contributed by atoms with Crippen LogP contribution < -0.4 is 5.73 Å². The molecule has 2 bridgehead atoms. The molecule has 1 aromatic rings. The van der Waals surface area contributed by atoms with Crippen LogP contribution in [0.5, 0.6) is 0 Å². The molecule has 1 nitrogen and oxygen atoms in total. The first-order chi connectivity index (χ1) is 8.24. The molecule has 0 aromatic heterocycles. The molecule has 0 radical (unpaired) electrons. The number of benzene rings is 1. The minimum absolute atomic E-state index is 0.204. The van der Waals surface area contributed by atoms with Gasteiger partial charge in [0.2, 0.25) is 0 Å². The molecule has 0 aliphatic heterocycles. The van der Waals surface area contributed by atoms with Gasteiger partial charge in [-0.1, -0.05) is 40.5 Å². The average Bonchev–Trinajstić information content (AvgIpc) is 2.91. The quantitative estimate of drug-likeness (QED) is 0.885. The summed E-state index contributed by atoms with van der Waals surface area (Å²) in [6.07, 6.45) is 7.02. The Labute approximate surface area is 112 Å². The molecule has 4 atom stereocenters. The molecule has 2 N–H and O–H groups in total. The molecule has 4 unspecified atom stereocenters. The standard InChI is InChI=1S/C15H20BrN/c16-14-4-2-1-3-13(14)15(17)9-12-8-10-5-6-11(12)7-10/h1-4,10-12,15H,5-9,17H2. The molecule has 0 amide bonds. The van der Waals surface area contributed by atoms with Gasteiger partial charge in [0.05, 0.1) is 0 Å². The average molecular weight is 294 g/mol. The second-order valence-corrected chi connectivity index (χ2v) is 6.65. The van der Waals surface area contributed by atoms with Crippen LogP contribution in [0, 0.1) is 17.8 Å². The molecule has 3 rings (SSSR count). The van der Waals surface area contributed by atoms with Gasteiger partial charge >= 0.3 is 0 Å². The molecule has 1 aromatic carbocycles. The van der Waals surface area contributed by atoms with Crippen LogP contribution >= 0.6 is 15.9 Å².